The number of nitro groups is 1. The number of rotatable bonds is 4. The van der Waals surface area contributed by atoms with Gasteiger partial charge in [0.25, 0.3) is 5.69 Å². The topological polar surface area (TPSA) is 126 Å². The van der Waals surface area contributed by atoms with E-state index in [2.05, 4.69) is 22.7 Å². The number of nitrogens with two attached hydrogens (primary N) is 1. The van der Waals surface area contributed by atoms with Gasteiger partial charge in [0.1, 0.15) is 5.75 Å². The SMILES string of the molecule is COc1cc([N+](=O)[O-])cc(/C=N\NC(N)=S)c1[O-]. The van der Waals surface area contributed by atoms with Crippen molar-refractivity contribution in [3.05, 3.63) is 27.8 Å². The summed E-state index contributed by atoms with van der Waals surface area (Å²) in [7, 11) is 1.24. The minimum absolute atomic E-state index is 0.00944. The van der Waals surface area contributed by atoms with Crippen LogP contribution in [0, 0.1) is 10.1 Å². The first-order chi connectivity index (χ1) is 8.45. The summed E-state index contributed by atoms with van der Waals surface area (Å²) in [5.74, 6) is -0.655. The Hall–Kier alpha value is -2.42. The molecule has 0 heterocycles. The van der Waals surface area contributed by atoms with Crippen LogP contribution >= 0.6 is 12.2 Å². The summed E-state index contributed by atoms with van der Waals surface area (Å²) in [6.07, 6.45) is 1.08. The first kappa shape index (κ1) is 13.6. The highest BCUT2D eigenvalue weighted by Gasteiger charge is 2.11. The molecule has 18 heavy (non-hydrogen) atoms. The maximum Gasteiger partial charge on any atom is 0.273 e. The van der Waals surface area contributed by atoms with Crippen molar-refractivity contribution in [2.45, 2.75) is 0 Å². The molecule has 0 aliphatic carbocycles. The summed E-state index contributed by atoms with van der Waals surface area (Å²) >= 11 is 4.50. The molecule has 1 rings (SSSR count). The van der Waals surface area contributed by atoms with E-state index in [1.54, 1.807) is 0 Å². The standard InChI is InChI=1S/C9H10N4O4S/c1-17-7-3-6(13(15)16)2-5(8(7)14)4-11-12-9(10)18/h2-4,14H,1H3,(H3,10,12,18)/p-1/b11-4-. The second-order valence-electron chi connectivity index (χ2n) is 3.06. The van der Waals surface area contributed by atoms with Crippen LogP contribution in [0.25, 0.3) is 0 Å². The molecule has 3 N–H and O–H groups in total. The number of methoxy groups -OCH3 is 1. The number of nitrogens with zero attached hydrogens (tertiary/aromatic N) is 2. The van der Waals surface area contributed by atoms with Crippen molar-refractivity contribution in [3.8, 4) is 11.5 Å². The zero-order chi connectivity index (χ0) is 13.7. The van der Waals surface area contributed by atoms with E-state index in [0.717, 1.165) is 18.3 Å². The third-order valence-electron chi connectivity index (χ3n) is 1.88. The molecular formula is C9H9N4O4S-. The van der Waals surface area contributed by atoms with Crippen molar-refractivity contribution in [2.75, 3.05) is 7.11 Å². The van der Waals surface area contributed by atoms with Crippen molar-refractivity contribution >= 4 is 29.2 Å². The van der Waals surface area contributed by atoms with Crippen LogP contribution in [0.1, 0.15) is 5.56 Å². The number of hydrogen-bond donors (Lipinski definition) is 2. The van der Waals surface area contributed by atoms with Crippen LogP contribution in [0.5, 0.6) is 11.5 Å². The van der Waals surface area contributed by atoms with E-state index in [-0.39, 0.29) is 22.1 Å². The van der Waals surface area contributed by atoms with E-state index in [1.165, 1.54) is 7.11 Å². The molecule has 96 valence electrons. The first-order valence-corrected chi connectivity index (χ1v) is 4.98. The van der Waals surface area contributed by atoms with Gasteiger partial charge in [-0.05, 0) is 17.8 Å². The molecule has 8 nitrogen and oxygen atoms in total. The number of hydrogen-bond acceptors (Lipinski definition) is 6. The molecule has 0 unspecified atom stereocenters. The summed E-state index contributed by atoms with van der Waals surface area (Å²) in [6, 6.07) is 2.12. The van der Waals surface area contributed by atoms with Crippen molar-refractivity contribution in [1.29, 1.82) is 0 Å². The Balaban J connectivity index is 3.16. The van der Waals surface area contributed by atoms with Crippen molar-refractivity contribution < 1.29 is 14.8 Å². The smallest absolute Gasteiger partial charge is 0.273 e. The van der Waals surface area contributed by atoms with Gasteiger partial charge >= 0.3 is 0 Å². The predicted octanol–water partition coefficient (Wildman–Crippen LogP) is -0.156. The van der Waals surface area contributed by atoms with Crippen LogP contribution in [0.4, 0.5) is 5.69 Å². The lowest BCUT2D eigenvalue weighted by Gasteiger charge is -2.14. The number of nitrogens with one attached hydrogen (secondary N) is 1. The molecule has 0 saturated heterocycles. The van der Waals surface area contributed by atoms with Gasteiger partial charge in [-0.2, -0.15) is 5.10 Å². The van der Waals surface area contributed by atoms with Crippen LogP contribution in [-0.4, -0.2) is 23.4 Å². The van der Waals surface area contributed by atoms with Gasteiger partial charge in [0.05, 0.1) is 24.3 Å². The van der Waals surface area contributed by atoms with Crippen LogP contribution in [-0.2, 0) is 0 Å². The Morgan fingerprint density at radius 2 is 2.33 bits per heavy atom. The third kappa shape index (κ3) is 3.28. The molecule has 0 aromatic heterocycles. The molecule has 1 aromatic rings. The molecule has 0 aliphatic heterocycles. The Labute approximate surface area is 107 Å². The number of hydrazone groups is 1. The fraction of sp³-hybridized carbons (Fsp3) is 0.111. The molecular weight excluding hydrogens is 260 g/mol. The minimum atomic E-state index is -0.639. The van der Waals surface area contributed by atoms with Gasteiger partial charge in [-0.1, -0.05) is 5.75 Å². The monoisotopic (exact) mass is 269 g/mol. The molecule has 0 bridgehead atoms. The average Bonchev–Trinajstić information content (AvgIpc) is 2.30. The Bertz CT molecular complexity index is 518. The Kier molecular flexibility index (Phi) is 4.38. The first-order valence-electron chi connectivity index (χ1n) is 4.57. The van der Waals surface area contributed by atoms with E-state index >= 15 is 0 Å². The number of thiocarbonyl (C=S) groups is 1. The van der Waals surface area contributed by atoms with E-state index in [1.807, 2.05) is 0 Å². The van der Waals surface area contributed by atoms with Gasteiger partial charge in [-0.25, -0.2) is 0 Å². The predicted molar refractivity (Wildman–Crippen MR) is 66.6 cm³/mol. The molecule has 0 amide bonds. The van der Waals surface area contributed by atoms with Gasteiger partial charge in [-0.3, -0.25) is 15.5 Å². The van der Waals surface area contributed by atoms with E-state index < -0.39 is 10.7 Å². The van der Waals surface area contributed by atoms with E-state index in [4.69, 9.17) is 10.5 Å². The van der Waals surface area contributed by atoms with Crippen molar-refractivity contribution in [2.24, 2.45) is 10.8 Å². The van der Waals surface area contributed by atoms with Crippen LogP contribution in [0.2, 0.25) is 0 Å². The van der Waals surface area contributed by atoms with Gasteiger partial charge < -0.3 is 15.6 Å². The van der Waals surface area contributed by atoms with Gasteiger partial charge in [0.2, 0.25) is 0 Å². The fourth-order valence-electron chi connectivity index (χ4n) is 1.13. The summed E-state index contributed by atoms with van der Waals surface area (Å²) in [5.41, 5.74) is 7.08. The number of ether oxygens (including phenoxy) is 1. The van der Waals surface area contributed by atoms with Crippen LogP contribution < -0.4 is 21.0 Å². The van der Waals surface area contributed by atoms with E-state index in [9.17, 15) is 15.2 Å². The molecule has 0 saturated carbocycles. The maximum atomic E-state index is 11.7. The van der Waals surface area contributed by atoms with Crippen LogP contribution in [0.3, 0.4) is 0 Å². The number of benzene rings is 1. The largest absolute Gasteiger partial charge is 0.870 e. The lowest BCUT2D eigenvalue weighted by Crippen LogP contribution is -2.24. The second-order valence-corrected chi connectivity index (χ2v) is 3.50. The molecule has 0 radical (unpaired) electrons. The highest BCUT2D eigenvalue weighted by atomic mass is 32.1. The number of nitro benzene ring substituents is 1. The molecule has 0 aliphatic rings. The normalized spacial score (nSPS) is 10.3. The minimum Gasteiger partial charge on any atom is -0.870 e. The average molecular weight is 269 g/mol. The lowest BCUT2D eigenvalue weighted by molar-refractivity contribution is -0.385. The van der Waals surface area contributed by atoms with Gasteiger partial charge in [0, 0.05) is 6.07 Å². The summed E-state index contributed by atoms with van der Waals surface area (Å²) < 4.78 is 4.75. The second kappa shape index (κ2) is 5.77. The zero-order valence-electron chi connectivity index (χ0n) is 9.25. The quantitative estimate of drug-likeness (QED) is 0.336. The summed E-state index contributed by atoms with van der Waals surface area (Å²) in [5, 5.41) is 25.9. The van der Waals surface area contributed by atoms with Gasteiger partial charge in [0.15, 0.2) is 5.11 Å². The van der Waals surface area contributed by atoms with E-state index in [0.29, 0.717) is 0 Å². The molecule has 0 spiro atoms. The summed E-state index contributed by atoms with van der Waals surface area (Å²) in [4.78, 5) is 10.0. The van der Waals surface area contributed by atoms with Gasteiger partial charge in [-0.15, -0.1) is 0 Å². The number of non-ortho nitro benzene ring substituents is 1. The molecule has 0 fully saturated rings. The molecule has 9 heteroatoms. The van der Waals surface area contributed by atoms with Crippen molar-refractivity contribution in [1.82, 2.24) is 5.43 Å². The maximum absolute atomic E-state index is 11.7. The lowest BCUT2D eigenvalue weighted by atomic mass is 10.2. The molecule has 1 aromatic carbocycles. The highest BCUT2D eigenvalue weighted by Crippen LogP contribution is 2.31. The zero-order valence-corrected chi connectivity index (χ0v) is 10.1. The molecule has 0 atom stereocenters. The Morgan fingerprint density at radius 1 is 1.67 bits per heavy atom. The van der Waals surface area contributed by atoms with Crippen LogP contribution in [0.15, 0.2) is 17.2 Å². The third-order valence-corrected chi connectivity index (χ3v) is 1.97. The Morgan fingerprint density at radius 3 is 2.83 bits per heavy atom. The summed E-state index contributed by atoms with van der Waals surface area (Å²) in [6.45, 7) is 0. The van der Waals surface area contributed by atoms with Crippen molar-refractivity contribution in [3.63, 3.8) is 0 Å². The fourth-order valence-corrected chi connectivity index (χ4v) is 1.18. The highest BCUT2D eigenvalue weighted by molar-refractivity contribution is 7.80.